The Balaban J connectivity index is 1.27. The van der Waals surface area contributed by atoms with E-state index in [2.05, 4.69) is 52.3 Å². The van der Waals surface area contributed by atoms with Gasteiger partial charge in [-0.2, -0.15) is 5.10 Å². The van der Waals surface area contributed by atoms with Gasteiger partial charge in [0, 0.05) is 17.2 Å². The van der Waals surface area contributed by atoms with Crippen molar-refractivity contribution in [2.75, 3.05) is 12.4 Å². The van der Waals surface area contributed by atoms with Gasteiger partial charge in [-0.1, -0.05) is 42.5 Å². The Bertz CT molecular complexity index is 1170. The van der Waals surface area contributed by atoms with Crippen LogP contribution in [0.2, 0.25) is 0 Å². The molecule has 1 amide bonds. The Morgan fingerprint density at radius 2 is 1.84 bits per heavy atom. The molecule has 2 N–H and O–H groups in total. The minimum atomic E-state index is -0.233. The maximum atomic E-state index is 12.5. The van der Waals surface area contributed by atoms with Crippen LogP contribution >= 0.6 is 0 Å². The van der Waals surface area contributed by atoms with Crippen LogP contribution in [-0.4, -0.2) is 19.2 Å². The molecule has 32 heavy (non-hydrogen) atoms. The summed E-state index contributed by atoms with van der Waals surface area (Å²) in [6.07, 6.45) is 7.29. The van der Waals surface area contributed by atoms with Gasteiger partial charge in [-0.25, -0.2) is 5.43 Å². The topological polar surface area (TPSA) is 62.7 Å². The molecule has 1 aliphatic carbocycles. The summed E-state index contributed by atoms with van der Waals surface area (Å²) >= 11 is 0. The molecule has 0 fully saturated rings. The fraction of sp³-hybridized carbons (Fsp3) is 0.185. The normalized spacial score (nSPS) is 21.0. The lowest BCUT2D eigenvalue weighted by Crippen LogP contribution is -2.29. The van der Waals surface area contributed by atoms with Gasteiger partial charge in [0.2, 0.25) is 0 Å². The van der Waals surface area contributed by atoms with Gasteiger partial charge in [0.1, 0.15) is 5.75 Å². The molecule has 5 nitrogen and oxygen atoms in total. The molecule has 5 heteroatoms. The van der Waals surface area contributed by atoms with Gasteiger partial charge in [0.05, 0.1) is 19.4 Å². The first-order valence-corrected chi connectivity index (χ1v) is 10.8. The molecule has 0 unspecified atom stereocenters. The van der Waals surface area contributed by atoms with Crippen molar-refractivity contribution in [3.05, 3.63) is 107 Å². The van der Waals surface area contributed by atoms with Gasteiger partial charge in [0.25, 0.3) is 5.91 Å². The Kier molecular flexibility index (Phi) is 5.46. The van der Waals surface area contributed by atoms with Crippen LogP contribution in [0.15, 0.2) is 90.0 Å². The van der Waals surface area contributed by atoms with Crippen molar-refractivity contribution in [2.24, 2.45) is 11.0 Å². The highest BCUT2D eigenvalue weighted by Crippen LogP contribution is 2.49. The van der Waals surface area contributed by atoms with E-state index in [9.17, 15) is 4.79 Å². The lowest BCUT2D eigenvalue weighted by molar-refractivity contribution is 0.0955. The number of methoxy groups -OCH3 is 1. The standard InChI is InChI=1S/C27H25N3O2/c1-32-21-15-9-18(10-16-21)17-28-30-27(31)20-13-11-19(12-14-20)26-24-7-4-6-22(24)23-5-2-3-8-25(23)29-26/h2-6,8-17,22,24,26,29H,7H2,1H3,(H,30,31)/b28-17-/t22-,24+,26+/m1/s1. The minimum absolute atomic E-state index is 0.218. The molecule has 2 aliphatic rings. The van der Waals surface area contributed by atoms with Crippen molar-refractivity contribution < 1.29 is 9.53 Å². The zero-order chi connectivity index (χ0) is 21.9. The number of hydrazone groups is 1. The van der Waals surface area contributed by atoms with Gasteiger partial charge < -0.3 is 10.1 Å². The number of amides is 1. The Morgan fingerprint density at radius 3 is 2.62 bits per heavy atom. The second-order valence-electron chi connectivity index (χ2n) is 8.16. The zero-order valence-electron chi connectivity index (χ0n) is 17.9. The van der Waals surface area contributed by atoms with Crippen molar-refractivity contribution in [3.8, 4) is 5.75 Å². The second-order valence-corrected chi connectivity index (χ2v) is 8.16. The summed E-state index contributed by atoms with van der Waals surface area (Å²) in [5.41, 5.74) is 7.81. The number of carbonyl (C=O) groups is 1. The molecule has 0 aromatic heterocycles. The molecule has 5 rings (SSSR count). The summed E-state index contributed by atoms with van der Waals surface area (Å²) in [6, 6.07) is 24.0. The lowest BCUT2D eigenvalue weighted by atomic mass is 9.77. The van der Waals surface area contributed by atoms with Crippen molar-refractivity contribution >= 4 is 17.8 Å². The third-order valence-electron chi connectivity index (χ3n) is 6.30. The molecule has 3 aromatic rings. The fourth-order valence-electron chi connectivity index (χ4n) is 4.64. The maximum absolute atomic E-state index is 12.5. The maximum Gasteiger partial charge on any atom is 0.271 e. The molecule has 1 heterocycles. The van der Waals surface area contributed by atoms with E-state index in [-0.39, 0.29) is 11.9 Å². The highest BCUT2D eigenvalue weighted by molar-refractivity contribution is 5.94. The third-order valence-corrected chi connectivity index (χ3v) is 6.30. The first-order chi connectivity index (χ1) is 15.7. The highest BCUT2D eigenvalue weighted by atomic mass is 16.5. The predicted molar refractivity (Wildman–Crippen MR) is 127 cm³/mol. The van der Waals surface area contributed by atoms with Crippen molar-refractivity contribution in [2.45, 2.75) is 18.4 Å². The third kappa shape index (κ3) is 3.89. The van der Waals surface area contributed by atoms with Gasteiger partial charge >= 0.3 is 0 Å². The summed E-state index contributed by atoms with van der Waals surface area (Å²) in [4.78, 5) is 12.5. The molecule has 3 aromatic carbocycles. The number of nitrogens with one attached hydrogen (secondary N) is 2. The van der Waals surface area contributed by atoms with Crippen molar-refractivity contribution in [3.63, 3.8) is 0 Å². The molecule has 0 radical (unpaired) electrons. The van der Waals surface area contributed by atoms with Crippen LogP contribution in [0.5, 0.6) is 5.75 Å². The predicted octanol–water partition coefficient (Wildman–Crippen LogP) is 5.29. The summed E-state index contributed by atoms with van der Waals surface area (Å²) in [6.45, 7) is 0. The molecule has 0 spiro atoms. The molecule has 0 saturated heterocycles. The lowest BCUT2D eigenvalue weighted by Gasteiger charge is -2.37. The summed E-state index contributed by atoms with van der Waals surface area (Å²) in [7, 11) is 1.63. The number of hydrogen-bond acceptors (Lipinski definition) is 4. The number of fused-ring (bicyclic) bond motifs is 3. The first kappa shape index (κ1) is 20.1. The van der Waals surface area contributed by atoms with Crippen LogP contribution in [0.25, 0.3) is 0 Å². The number of anilines is 1. The van der Waals surface area contributed by atoms with E-state index >= 15 is 0 Å². The van der Waals surface area contributed by atoms with E-state index in [1.165, 1.54) is 16.8 Å². The van der Waals surface area contributed by atoms with Crippen molar-refractivity contribution in [1.82, 2.24) is 5.43 Å². The number of nitrogens with zero attached hydrogens (tertiary/aromatic N) is 1. The molecule has 0 bridgehead atoms. The minimum Gasteiger partial charge on any atom is -0.497 e. The molecule has 0 saturated carbocycles. The van der Waals surface area contributed by atoms with Crippen LogP contribution in [-0.2, 0) is 0 Å². The van der Waals surface area contributed by atoms with Crippen LogP contribution in [0.3, 0.4) is 0 Å². The van der Waals surface area contributed by atoms with E-state index < -0.39 is 0 Å². The second kappa shape index (κ2) is 8.71. The van der Waals surface area contributed by atoms with E-state index in [0.717, 1.165) is 17.7 Å². The van der Waals surface area contributed by atoms with E-state index in [0.29, 0.717) is 17.4 Å². The summed E-state index contributed by atoms with van der Waals surface area (Å²) in [5.74, 6) is 1.47. The number of para-hydroxylation sites is 1. The van der Waals surface area contributed by atoms with E-state index in [1.807, 2.05) is 48.5 Å². The molecular weight excluding hydrogens is 398 g/mol. The number of benzene rings is 3. The molecular formula is C27H25N3O2. The number of allylic oxidation sites excluding steroid dienone is 2. The molecule has 3 atom stereocenters. The fourth-order valence-corrected chi connectivity index (χ4v) is 4.64. The van der Waals surface area contributed by atoms with Gasteiger partial charge in [-0.15, -0.1) is 0 Å². The van der Waals surface area contributed by atoms with Crippen molar-refractivity contribution in [1.29, 1.82) is 0 Å². The number of carbonyl (C=O) groups excluding carboxylic acids is 1. The molecule has 160 valence electrons. The van der Waals surface area contributed by atoms with E-state index in [4.69, 9.17) is 4.74 Å². The van der Waals surface area contributed by atoms with Gasteiger partial charge in [0.15, 0.2) is 0 Å². The number of hydrogen-bond donors (Lipinski definition) is 2. The summed E-state index contributed by atoms with van der Waals surface area (Å²) < 4.78 is 5.14. The van der Waals surface area contributed by atoms with E-state index in [1.54, 1.807) is 13.3 Å². The Hall–Kier alpha value is -3.86. The monoisotopic (exact) mass is 423 g/mol. The average Bonchev–Trinajstić information content (AvgIpc) is 3.34. The Morgan fingerprint density at radius 1 is 1.06 bits per heavy atom. The SMILES string of the molecule is COc1ccc(/C=N\NC(=O)c2ccc([C@@H]3Nc4ccccc4[C@H]4C=CC[C@@H]43)cc2)cc1. The van der Waals surface area contributed by atoms with Gasteiger partial charge in [-0.3, -0.25) is 4.79 Å². The number of ether oxygens (including phenoxy) is 1. The Labute approximate surface area is 187 Å². The highest BCUT2D eigenvalue weighted by Gasteiger charge is 2.37. The zero-order valence-corrected chi connectivity index (χ0v) is 17.9. The van der Waals surface area contributed by atoms with Gasteiger partial charge in [-0.05, 0) is 71.5 Å². The number of rotatable bonds is 5. The summed E-state index contributed by atoms with van der Waals surface area (Å²) in [5, 5.41) is 7.79. The molecule has 1 aliphatic heterocycles. The van der Waals surface area contributed by atoms with Crippen LogP contribution in [0.4, 0.5) is 5.69 Å². The van der Waals surface area contributed by atoms with Crippen LogP contribution in [0, 0.1) is 5.92 Å². The van der Waals surface area contributed by atoms with Crippen LogP contribution < -0.4 is 15.5 Å². The largest absolute Gasteiger partial charge is 0.497 e. The quantitative estimate of drug-likeness (QED) is 0.333. The van der Waals surface area contributed by atoms with Crippen LogP contribution in [0.1, 0.15) is 45.4 Å². The smallest absolute Gasteiger partial charge is 0.271 e. The first-order valence-electron chi connectivity index (χ1n) is 10.8. The average molecular weight is 424 g/mol.